The van der Waals surface area contributed by atoms with Crippen LogP contribution in [0.2, 0.25) is 0 Å². The van der Waals surface area contributed by atoms with Gasteiger partial charge in [0, 0.05) is 10.5 Å². The average molecular weight is 345 g/mol. The van der Waals surface area contributed by atoms with Gasteiger partial charge in [-0.3, -0.25) is 11.3 Å². The molecule has 0 saturated heterocycles. The number of nitrogens with two attached hydrogens (primary N) is 1. The first kappa shape index (κ1) is 15.0. The lowest BCUT2D eigenvalue weighted by Gasteiger charge is -2.17. The van der Waals surface area contributed by atoms with Gasteiger partial charge in [-0.15, -0.1) is 0 Å². The quantitative estimate of drug-likeness (QED) is 0.656. The monoisotopic (exact) mass is 344 g/mol. The summed E-state index contributed by atoms with van der Waals surface area (Å²) in [6, 6.07) is 6.89. The Labute approximate surface area is 122 Å². The highest BCUT2D eigenvalue weighted by Crippen LogP contribution is 2.25. The Morgan fingerprint density at radius 2 is 1.65 bits per heavy atom. The minimum Gasteiger partial charge on any atom is -0.271 e. The van der Waals surface area contributed by atoms with E-state index in [-0.39, 0.29) is 12.2 Å². The van der Waals surface area contributed by atoms with Crippen LogP contribution < -0.4 is 11.3 Å². The van der Waals surface area contributed by atoms with Gasteiger partial charge in [0.15, 0.2) is 0 Å². The number of hydrogen-bond donors (Lipinski definition) is 2. The van der Waals surface area contributed by atoms with E-state index in [2.05, 4.69) is 21.4 Å². The standard InChI is InChI=1S/C14H12BrF3N2/c15-13-2-1-10(16)3-8(13)6-14(20-19)9-4-11(17)7-12(18)5-9/h1-5,7,14,20H,6,19H2. The van der Waals surface area contributed by atoms with E-state index in [1.165, 1.54) is 24.3 Å². The zero-order valence-electron chi connectivity index (χ0n) is 10.3. The van der Waals surface area contributed by atoms with Crippen molar-refractivity contribution in [2.45, 2.75) is 12.5 Å². The van der Waals surface area contributed by atoms with Crippen LogP contribution in [0.3, 0.4) is 0 Å². The fraction of sp³-hybridized carbons (Fsp3) is 0.143. The van der Waals surface area contributed by atoms with Crippen LogP contribution in [-0.2, 0) is 6.42 Å². The second-order valence-corrected chi connectivity index (χ2v) is 5.22. The molecule has 1 unspecified atom stereocenters. The lowest BCUT2D eigenvalue weighted by molar-refractivity contribution is 0.528. The molecule has 0 bridgehead atoms. The molecule has 2 aromatic rings. The van der Waals surface area contributed by atoms with Crippen LogP contribution in [-0.4, -0.2) is 0 Å². The van der Waals surface area contributed by atoms with E-state index in [4.69, 9.17) is 5.84 Å². The van der Waals surface area contributed by atoms with E-state index in [0.29, 0.717) is 15.6 Å². The Kier molecular flexibility index (Phi) is 4.80. The maximum Gasteiger partial charge on any atom is 0.126 e. The molecule has 0 radical (unpaired) electrons. The van der Waals surface area contributed by atoms with Crippen LogP contribution >= 0.6 is 15.9 Å². The summed E-state index contributed by atoms with van der Waals surface area (Å²) < 4.78 is 40.4. The number of hydrazine groups is 1. The fourth-order valence-corrected chi connectivity index (χ4v) is 2.38. The van der Waals surface area contributed by atoms with Crippen LogP contribution in [0.4, 0.5) is 13.2 Å². The Hall–Kier alpha value is -1.37. The van der Waals surface area contributed by atoms with Gasteiger partial charge in [-0.25, -0.2) is 13.2 Å². The highest BCUT2D eigenvalue weighted by molar-refractivity contribution is 9.10. The van der Waals surface area contributed by atoms with Gasteiger partial charge in [-0.1, -0.05) is 15.9 Å². The summed E-state index contributed by atoms with van der Waals surface area (Å²) in [6.45, 7) is 0. The van der Waals surface area contributed by atoms with Gasteiger partial charge >= 0.3 is 0 Å². The van der Waals surface area contributed by atoms with Crippen LogP contribution in [0, 0.1) is 17.5 Å². The molecule has 0 amide bonds. The highest BCUT2D eigenvalue weighted by atomic mass is 79.9. The average Bonchev–Trinajstić information content (AvgIpc) is 2.38. The van der Waals surface area contributed by atoms with Gasteiger partial charge in [-0.2, -0.15) is 0 Å². The molecule has 0 saturated carbocycles. The van der Waals surface area contributed by atoms with Crippen molar-refractivity contribution in [3.05, 3.63) is 69.4 Å². The third-order valence-corrected chi connectivity index (χ3v) is 3.69. The molecule has 2 rings (SSSR count). The van der Waals surface area contributed by atoms with Crippen LogP contribution in [0.1, 0.15) is 17.2 Å². The summed E-state index contributed by atoms with van der Waals surface area (Å²) in [4.78, 5) is 0. The molecule has 0 spiro atoms. The first-order valence-electron chi connectivity index (χ1n) is 5.85. The largest absolute Gasteiger partial charge is 0.271 e. The molecule has 0 aliphatic heterocycles. The van der Waals surface area contributed by atoms with Crippen molar-refractivity contribution >= 4 is 15.9 Å². The summed E-state index contributed by atoms with van der Waals surface area (Å²) in [5.41, 5.74) is 3.50. The van der Waals surface area contributed by atoms with Gasteiger partial charge < -0.3 is 0 Å². The third kappa shape index (κ3) is 3.59. The predicted molar refractivity (Wildman–Crippen MR) is 74.2 cm³/mol. The summed E-state index contributed by atoms with van der Waals surface area (Å²) >= 11 is 3.31. The van der Waals surface area contributed by atoms with Crippen molar-refractivity contribution in [3.63, 3.8) is 0 Å². The predicted octanol–water partition coefficient (Wildman–Crippen LogP) is 3.61. The first-order valence-corrected chi connectivity index (χ1v) is 6.65. The van der Waals surface area contributed by atoms with Gasteiger partial charge in [0.1, 0.15) is 17.5 Å². The number of benzene rings is 2. The molecule has 6 heteroatoms. The van der Waals surface area contributed by atoms with Crippen molar-refractivity contribution < 1.29 is 13.2 Å². The van der Waals surface area contributed by atoms with E-state index < -0.39 is 17.7 Å². The third-order valence-electron chi connectivity index (χ3n) is 2.92. The molecule has 106 valence electrons. The molecule has 1 atom stereocenters. The van der Waals surface area contributed by atoms with E-state index in [1.807, 2.05) is 0 Å². The molecular weight excluding hydrogens is 333 g/mol. The van der Waals surface area contributed by atoms with Crippen molar-refractivity contribution in [2.24, 2.45) is 5.84 Å². The molecule has 2 aromatic carbocycles. The molecule has 0 aromatic heterocycles. The van der Waals surface area contributed by atoms with Gasteiger partial charge in [0.25, 0.3) is 0 Å². The second kappa shape index (κ2) is 6.39. The Morgan fingerprint density at radius 1 is 1.00 bits per heavy atom. The first-order chi connectivity index (χ1) is 9.49. The topological polar surface area (TPSA) is 38.0 Å². The normalized spacial score (nSPS) is 12.4. The maximum absolute atomic E-state index is 13.2. The van der Waals surface area contributed by atoms with Crippen LogP contribution in [0.15, 0.2) is 40.9 Å². The van der Waals surface area contributed by atoms with E-state index in [1.54, 1.807) is 6.07 Å². The molecule has 3 N–H and O–H groups in total. The summed E-state index contributed by atoms with van der Waals surface area (Å²) in [6.07, 6.45) is 0.289. The Balaban J connectivity index is 2.30. The summed E-state index contributed by atoms with van der Waals surface area (Å²) in [5.74, 6) is 3.69. The Bertz CT molecular complexity index is 599. The summed E-state index contributed by atoms with van der Waals surface area (Å²) in [7, 11) is 0. The number of nitrogens with one attached hydrogen (secondary N) is 1. The second-order valence-electron chi connectivity index (χ2n) is 4.36. The van der Waals surface area contributed by atoms with E-state index >= 15 is 0 Å². The summed E-state index contributed by atoms with van der Waals surface area (Å²) in [5, 5.41) is 0. The molecule has 20 heavy (non-hydrogen) atoms. The zero-order valence-corrected chi connectivity index (χ0v) is 11.9. The zero-order chi connectivity index (χ0) is 14.7. The minimum atomic E-state index is -0.682. The Morgan fingerprint density at radius 3 is 2.25 bits per heavy atom. The molecule has 0 heterocycles. The molecule has 0 aliphatic carbocycles. The van der Waals surface area contributed by atoms with Crippen molar-refractivity contribution in [1.29, 1.82) is 0 Å². The van der Waals surface area contributed by atoms with Crippen LogP contribution in [0.5, 0.6) is 0 Å². The lowest BCUT2D eigenvalue weighted by Crippen LogP contribution is -2.29. The maximum atomic E-state index is 13.2. The minimum absolute atomic E-state index is 0.289. The molecule has 0 fully saturated rings. The fourth-order valence-electron chi connectivity index (χ4n) is 1.97. The van der Waals surface area contributed by atoms with Crippen molar-refractivity contribution in [1.82, 2.24) is 5.43 Å². The highest BCUT2D eigenvalue weighted by Gasteiger charge is 2.15. The SMILES string of the molecule is NNC(Cc1cc(F)ccc1Br)c1cc(F)cc(F)c1. The molecule has 2 nitrogen and oxygen atoms in total. The number of hydrogen-bond acceptors (Lipinski definition) is 2. The van der Waals surface area contributed by atoms with Gasteiger partial charge in [0.05, 0.1) is 6.04 Å². The number of halogens is 4. The number of rotatable bonds is 4. The van der Waals surface area contributed by atoms with Gasteiger partial charge in [-0.05, 0) is 47.9 Å². The van der Waals surface area contributed by atoms with Gasteiger partial charge in [0.2, 0.25) is 0 Å². The lowest BCUT2D eigenvalue weighted by atomic mass is 9.99. The van der Waals surface area contributed by atoms with E-state index in [0.717, 1.165) is 6.07 Å². The van der Waals surface area contributed by atoms with E-state index in [9.17, 15) is 13.2 Å². The van der Waals surface area contributed by atoms with Crippen LogP contribution in [0.25, 0.3) is 0 Å². The molecular formula is C14H12BrF3N2. The molecule has 0 aliphatic rings. The smallest absolute Gasteiger partial charge is 0.126 e. The van der Waals surface area contributed by atoms with Crippen molar-refractivity contribution in [2.75, 3.05) is 0 Å². The van der Waals surface area contributed by atoms with Crippen molar-refractivity contribution in [3.8, 4) is 0 Å².